The van der Waals surface area contributed by atoms with E-state index in [-0.39, 0.29) is 108 Å². The van der Waals surface area contributed by atoms with Gasteiger partial charge in [0.2, 0.25) is 53.2 Å². The Bertz CT molecular complexity index is 2580. The number of carboxylic acid groups (broad SMARTS) is 1. The molecule has 0 aliphatic carbocycles. The first-order valence-electron chi connectivity index (χ1n) is 28.4. The number of carbonyl (C=O) groups excluding carboxylic acids is 9. The Morgan fingerprint density at radius 1 is 0.631 bits per heavy atom. The number of phenolic OH excluding ortho intramolecular Hbond substituents is 1. The van der Waals surface area contributed by atoms with Crippen LogP contribution < -0.4 is 60.2 Å². The fraction of sp³-hybridized carbons (Fsp3) is 0.589. The topological polar surface area (TPSA) is 439 Å². The number of aromatic hydroxyl groups is 1. The van der Waals surface area contributed by atoms with Gasteiger partial charge in [0, 0.05) is 26.1 Å². The number of likely N-dealkylation sites (tertiary alicyclic amines) is 2. The van der Waals surface area contributed by atoms with Gasteiger partial charge in [-0.25, -0.2) is 4.79 Å². The molecule has 9 amide bonds. The number of carboxylic acids is 1. The van der Waals surface area contributed by atoms with E-state index in [0.717, 1.165) is 0 Å². The lowest BCUT2D eigenvalue weighted by Crippen LogP contribution is -2.60. The number of hydrogen-bond donors (Lipinski definition) is 14. The minimum atomic E-state index is -1.53. The van der Waals surface area contributed by atoms with E-state index < -0.39 is 126 Å². The predicted octanol–water partition coefficient (Wildman–Crippen LogP) is -2.43. The molecule has 0 spiro atoms. The van der Waals surface area contributed by atoms with Crippen LogP contribution in [-0.4, -0.2) is 195 Å². The second-order valence-corrected chi connectivity index (χ2v) is 22.4. The Kier molecular flexibility index (Phi) is 28.6. The van der Waals surface area contributed by atoms with Gasteiger partial charge < -0.3 is 85.3 Å². The van der Waals surface area contributed by atoms with Gasteiger partial charge in [0.05, 0.1) is 12.6 Å². The fourth-order valence-corrected chi connectivity index (χ4v) is 10.3. The highest BCUT2D eigenvalue weighted by atomic mass is 32.2. The normalized spacial score (nSPS) is 17.7. The van der Waals surface area contributed by atoms with Gasteiger partial charge in [0.15, 0.2) is 5.96 Å². The molecule has 2 fully saturated rings. The molecule has 28 heteroatoms. The van der Waals surface area contributed by atoms with E-state index in [1.165, 1.54) is 40.6 Å². The Morgan fingerprint density at radius 3 is 1.69 bits per heavy atom. The number of nitrogens with zero attached hydrogens (tertiary/aromatic N) is 3. The summed E-state index contributed by atoms with van der Waals surface area (Å²) in [5.41, 5.74) is 24.0. The molecule has 18 N–H and O–H groups in total. The molecule has 84 heavy (non-hydrogen) atoms. The number of aliphatic carboxylic acids is 1. The highest BCUT2D eigenvalue weighted by Gasteiger charge is 2.43. The molecule has 4 rings (SSSR count). The van der Waals surface area contributed by atoms with Crippen molar-refractivity contribution in [3.05, 3.63) is 65.7 Å². The number of nitrogens with two attached hydrogens (primary N) is 4. The Morgan fingerprint density at radius 2 is 1.14 bits per heavy atom. The lowest BCUT2D eigenvalue weighted by atomic mass is 10.0. The number of benzene rings is 2. The van der Waals surface area contributed by atoms with E-state index in [0.29, 0.717) is 29.7 Å². The number of aliphatic hydroxyl groups is 1. The van der Waals surface area contributed by atoms with E-state index in [4.69, 9.17) is 22.9 Å². The first-order valence-corrected chi connectivity index (χ1v) is 29.8. The van der Waals surface area contributed by atoms with Crippen LogP contribution in [0.15, 0.2) is 59.6 Å². The number of carbonyl (C=O) groups is 10. The summed E-state index contributed by atoms with van der Waals surface area (Å²) in [5.74, 6) is -7.51. The van der Waals surface area contributed by atoms with Crippen LogP contribution in [0.1, 0.15) is 96.1 Å². The number of aliphatic hydroxyl groups excluding tert-OH is 1. The minimum absolute atomic E-state index is 0.00463. The van der Waals surface area contributed by atoms with Crippen molar-refractivity contribution in [3.63, 3.8) is 0 Å². The first-order chi connectivity index (χ1) is 40.0. The summed E-state index contributed by atoms with van der Waals surface area (Å²) in [6, 6.07) is 2.54. The van der Waals surface area contributed by atoms with Gasteiger partial charge in [-0.2, -0.15) is 11.8 Å². The largest absolute Gasteiger partial charge is 0.508 e. The molecular formula is C56H86N14O13S. The van der Waals surface area contributed by atoms with Gasteiger partial charge in [-0.3, -0.25) is 48.1 Å². The molecule has 0 radical (unpaired) electrons. The van der Waals surface area contributed by atoms with Crippen LogP contribution in [0.5, 0.6) is 5.75 Å². The summed E-state index contributed by atoms with van der Waals surface area (Å²) in [7, 11) is 0. The average Bonchev–Trinajstić information content (AvgIpc) is 4.32. The highest BCUT2D eigenvalue weighted by Crippen LogP contribution is 2.24. The summed E-state index contributed by atoms with van der Waals surface area (Å²) in [6.45, 7) is 4.73. The van der Waals surface area contributed by atoms with Crippen molar-refractivity contribution in [3.8, 4) is 5.75 Å². The molecular weight excluding hydrogens is 1110 g/mol. The summed E-state index contributed by atoms with van der Waals surface area (Å²) in [4.78, 5) is 144. The third kappa shape index (κ3) is 21.9. The molecule has 2 aliphatic rings. The first kappa shape index (κ1) is 68.9. The maximum absolute atomic E-state index is 14.6. The molecule has 2 aromatic carbocycles. The number of rotatable bonds is 34. The summed E-state index contributed by atoms with van der Waals surface area (Å²) >= 11 is 1.43. The predicted molar refractivity (Wildman–Crippen MR) is 314 cm³/mol. The van der Waals surface area contributed by atoms with Gasteiger partial charge >= 0.3 is 5.97 Å². The molecule has 2 saturated heterocycles. The number of aliphatic imine (C=N–C) groups is 1. The van der Waals surface area contributed by atoms with E-state index >= 15 is 0 Å². The molecule has 2 heterocycles. The molecule has 10 atom stereocenters. The molecule has 0 unspecified atom stereocenters. The summed E-state index contributed by atoms with van der Waals surface area (Å²) in [5, 5.41) is 48.0. The van der Waals surface area contributed by atoms with Crippen molar-refractivity contribution >= 4 is 76.9 Å². The van der Waals surface area contributed by atoms with Crippen molar-refractivity contribution < 1.29 is 63.3 Å². The van der Waals surface area contributed by atoms with Crippen LogP contribution in [0.4, 0.5) is 0 Å². The van der Waals surface area contributed by atoms with Crippen molar-refractivity contribution in [1.29, 1.82) is 0 Å². The zero-order chi connectivity index (χ0) is 62.0. The molecule has 2 aliphatic heterocycles. The Balaban J connectivity index is 1.46. The second-order valence-electron chi connectivity index (χ2n) is 21.5. The van der Waals surface area contributed by atoms with Crippen molar-refractivity contribution in [1.82, 2.24) is 47.0 Å². The smallest absolute Gasteiger partial charge is 0.326 e. The fourth-order valence-electron chi connectivity index (χ4n) is 9.81. The number of guanidine groups is 1. The monoisotopic (exact) mass is 1190 g/mol. The molecule has 0 aromatic heterocycles. The van der Waals surface area contributed by atoms with Gasteiger partial charge in [0.25, 0.3) is 0 Å². The maximum Gasteiger partial charge on any atom is 0.326 e. The molecule has 464 valence electrons. The standard InChI is InChI=1S/C56H86N14O13S/c1-32(2)28-41(48(75)62-33(3)46(73)65-40(55(82)83)15-9-24-61-56(59)60)67-52(79)45-17-11-26-70(45)54(81)39(22-27-84-4)64-51(78)44-16-10-25-69(44)53(80)38(14-8-23-57)63-49(76)42(30-34-12-6-5-7-13-34)66-50(77)43(31-71)68-47(74)37(58)29-35-18-20-36(72)21-19-35/h5-7,12-13,18-21,32-33,37-45,71-72H,8-11,14-17,22-31,57-58H2,1-4H3,(H,62,75)(H,63,76)(H,64,78)(H,65,73)(H,66,77)(H,67,79)(H,68,74)(H,82,83)(H4,59,60,61)/t33-,37+,38+,39+,40+,41+,42+,43+,44+,45+/m1/s1. The van der Waals surface area contributed by atoms with Crippen LogP contribution in [0.25, 0.3) is 0 Å². The number of nitrogens with one attached hydrogen (secondary N) is 7. The lowest BCUT2D eigenvalue weighted by Gasteiger charge is -2.32. The van der Waals surface area contributed by atoms with E-state index in [2.05, 4.69) is 42.2 Å². The van der Waals surface area contributed by atoms with E-state index in [1.807, 2.05) is 20.1 Å². The lowest BCUT2D eigenvalue weighted by molar-refractivity contribution is -0.145. The van der Waals surface area contributed by atoms with Crippen LogP contribution >= 0.6 is 11.8 Å². The summed E-state index contributed by atoms with van der Waals surface area (Å²) < 4.78 is 0. The summed E-state index contributed by atoms with van der Waals surface area (Å²) in [6.07, 6.45) is 3.95. The third-order valence-electron chi connectivity index (χ3n) is 14.3. The van der Waals surface area contributed by atoms with Gasteiger partial charge in [-0.05, 0) is 125 Å². The van der Waals surface area contributed by atoms with Gasteiger partial charge in [0.1, 0.15) is 60.1 Å². The Hall–Kier alpha value is -7.56. The van der Waals surface area contributed by atoms with Crippen LogP contribution in [0.2, 0.25) is 0 Å². The van der Waals surface area contributed by atoms with Crippen molar-refractivity contribution in [2.45, 2.75) is 158 Å². The van der Waals surface area contributed by atoms with Crippen molar-refractivity contribution in [2.24, 2.45) is 33.8 Å². The highest BCUT2D eigenvalue weighted by molar-refractivity contribution is 7.98. The van der Waals surface area contributed by atoms with Crippen LogP contribution in [0.3, 0.4) is 0 Å². The van der Waals surface area contributed by atoms with Gasteiger partial charge in [-0.15, -0.1) is 0 Å². The number of amides is 9. The quantitative estimate of drug-likeness (QED) is 0.0197. The Labute approximate surface area is 493 Å². The number of hydrogen-bond acceptors (Lipinski definition) is 16. The number of phenols is 1. The second kappa shape index (κ2) is 34.9. The van der Waals surface area contributed by atoms with Crippen molar-refractivity contribution in [2.75, 3.05) is 44.8 Å². The molecule has 27 nitrogen and oxygen atoms in total. The maximum atomic E-state index is 14.6. The van der Waals surface area contributed by atoms with Gasteiger partial charge in [-0.1, -0.05) is 56.3 Å². The molecule has 2 aromatic rings. The zero-order valence-electron chi connectivity index (χ0n) is 48.3. The van der Waals surface area contributed by atoms with Crippen LogP contribution in [0, 0.1) is 5.92 Å². The zero-order valence-corrected chi connectivity index (χ0v) is 49.1. The number of thioether (sulfide) groups is 1. The van der Waals surface area contributed by atoms with E-state index in [1.54, 1.807) is 42.5 Å². The van der Waals surface area contributed by atoms with E-state index in [9.17, 15) is 63.3 Å². The van der Waals surface area contributed by atoms with Crippen LogP contribution in [-0.2, 0) is 60.8 Å². The molecule has 0 bridgehead atoms. The SMILES string of the molecule is CSCC[C@H](NC(=O)[C@@H]1CCCN1C(=O)[C@H](CCCN)NC(=O)[C@H](Cc1ccccc1)NC(=O)[C@H](CO)NC(=O)[C@@H](N)Cc1ccc(O)cc1)C(=O)N1CCC[C@H]1C(=O)N[C@@H](CC(C)C)C(=O)N[C@H](C)C(=O)N[C@@H](CCCN=C(N)N)C(=O)O. The minimum Gasteiger partial charge on any atom is -0.508 e. The third-order valence-corrected chi connectivity index (χ3v) is 15.0. The molecule has 0 saturated carbocycles. The average molecular weight is 1200 g/mol.